The summed E-state index contributed by atoms with van der Waals surface area (Å²) in [6.07, 6.45) is 3.35. The first-order valence-electron chi connectivity index (χ1n) is 11.1. The average molecular weight is 473 g/mol. The van der Waals surface area contributed by atoms with Crippen LogP contribution >= 0.6 is 0 Å². The summed E-state index contributed by atoms with van der Waals surface area (Å²) in [5, 5.41) is 0. The fourth-order valence-electron chi connectivity index (χ4n) is 3.50. The highest BCUT2D eigenvalue weighted by atomic mass is 28.4. The summed E-state index contributed by atoms with van der Waals surface area (Å²) in [7, 11) is -3.86. The van der Waals surface area contributed by atoms with E-state index in [0.29, 0.717) is 6.42 Å². The Kier molecular flexibility index (Phi) is 10.1. The van der Waals surface area contributed by atoms with Gasteiger partial charge in [0.15, 0.2) is 0 Å². The van der Waals surface area contributed by atoms with E-state index < -0.39 is 26.7 Å². The number of ether oxygens (including phenoxy) is 1. The Morgan fingerprint density at radius 2 is 1.39 bits per heavy atom. The summed E-state index contributed by atoms with van der Waals surface area (Å²) < 4.78 is 22.0. The maximum atomic E-state index is 11.6. The van der Waals surface area contributed by atoms with Crippen molar-refractivity contribution in [2.45, 2.75) is 59.4 Å². The zero-order valence-corrected chi connectivity index (χ0v) is 20.7. The third-order valence-corrected chi connectivity index (χ3v) is 7.51. The lowest BCUT2D eigenvalue weighted by Gasteiger charge is -2.26. The Labute approximate surface area is 196 Å². The summed E-state index contributed by atoms with van der Waals surface area (Å²) in [5.74, 6) is -1.24. The van der Waals surface area contributed by atoms with Gasteiger partial charge in [0.2, 0.25) is 0 Å². The molecule has 0 bridgehead atoms. The van der Waals surface area contributed by atoms with Crippen molar-refractivity contribution in [3.05, 3.63) is 54.1 Å². The molecule has 0 fully saturated rings. The molecule has 178 valence electrons. The fraction of sp³-hybridized carbons (Fsp3) is 0.400. The Balaban J connectivity index is 2.22. The number of hydrogen-bond donors (Lipinski definition) is 0. The minimum absolute atomic E-state index is 0.0730. The van der Waals surface area contributed by atoms with E-state index in [1.165, 1.54) is 20.8 Å². The van der Waals surface area contributed by atoms with Crippen molar-refractivity contribution in [1.82, 2.24) is 0 Å². The van der Waals surface area contributed by atoms with E-state index >= 15 is 0 Å². The number of benzene rings is 2. The predicted octanol–water partition coefficient (Wildman–Crippen LogP) is 5.09. The van der Waals surface area contributed by atoms with Crippen LogP contribution in [-0.4, -0.2) is 33.3 Å². The highest BCUT2D eigenvalue weighted by molar-refractivity contribution is 6.65. The molecule has 0 saturated heterocycles. The highest BCUT2D eigenvalue weighted by Crippen LogP contribution is 2.34. The number of aryl methyl sites for hydroxylation is 1. The minimum atomic E-state index is -3.86. The van der Waals surface area contributed by atoms with Gasteiger partial charge in [-0.25, -0.2) is 0 Å². The van der Waals surface area contributed by atoms with E-state index in [0.717, 1.165) is 41.7 Å². The van der Waals surface area contributed by atoms with Crippen molar-refractivity contribution in [2.75, 3.05) is 6.61 Å². The lowest BCUT2D eigenvalue weighted by atomic mass is 9.98. The zero-order valence-electron chi connectivity index (χ0n) is 19.7. The maximum absolute atomic E-state index is 11.6. The highest BCUT2D eigenvalue weighted by Gasteiger charge is 2.51. The van der Waals surface area contributed by atoms with Crippen molar-refractivity contribution in [3.8, 4) is 16.9 Å². The van der Waals surface area contributed by atoms with Crippen molar-refractivity contribution < 1.29 is 32.4 Å². The molecule has 0 N–H and O–H groups in total. The molecule has 33 heavy (non-hydrogen) atoms. The van der Waals surface area contributed by atoms with Crippen molar-refractivity contribution >= 4 is 26.7 Å². The van der Waals surface area contributed by atoms with Gasteiger partial charge in [-0.1, -0.05) is 61.9 Å². The molecule has 0 aliphatic carbocycles. The van der Waals surface area contributed by atoms with Gasteiger partial charge in [-0.15, -0.1) is 0 Å². The van der Waals surface area contributed by atoms with Crippen molar-refractivity contribution in [3.63, 3.8) is 0 Å². The summed E-state index contributed by atoms with van der Waals surface area (Å²) >= 11 is 0. The second-order valence-electron chi connectivity index (χ2n) is 7.68. The van der Waals surface area contributed by atoms with Gasteiger partial charge in [0.25, 0.3) is 17.9 Å². The molecular formula is C25H32O7Si. The minimum Gasteiger partial charge on any atom is -0.493 e. The first-order valence-corrected chi connectivity index (χ1v) is 13.1. The van der Waals surface area contributed by atoms with Gasteiger partial charge in [0.05, 0.1) is 12.7 Å². The standard InChI is InChI=1S/C25H32O7Si/c1-5-6-12-23-15-10-16-24(22-13-8-7-9-14-22)25(23)29-17-11-18-33(30-19(2)26,31-20(3)27)32-21(4)28/h7-10,13-16H,5-6,11-12,17-18H2,1-4H3. The first kappa shape index (κ1) is 26.1. The molecule has 0 aliphatic rings. The largest absolute Gasteiger partial charge is 0.705 e. The van der Waals surface area contributed by atoms with Crippen LogP contribution < -0.4 is 4.74 Å². The molecule has 0 saturated carbocycles. The SMILES string of the molecule is CCCCc1cccc(-c2ccccc2)c1OCCC[Si](OC(C)=O)(OC(C)=O)OC(C)=O. The zero-order chi connectivity index (χ0) is 24.3. The van der Waals surface area contributed by atoms with Gasteiger partial charge in [-0.3, -0.25) is 14.4 Å². The fourth-order valence-corrected chi connectivity index (χ4v) is 5.82. The molecule has 0 aromatic heterocycles. The second kappa shape index (κ2) is 12.8. The van der Waals surface area contributed by atoms with E-state index in [9.17, 15) is 14.4 Å². The lowest BCUT2D eigenvalue weighted by molar-refractivity contribution is -0.147. The van der Waals surface area contributed by atoms with Crippen LogP contribution in [0.3, 0.4) is 0 Å². The van der Waals surface area contributed by atoms with Crippen LogP contribution in [0.25, 0.3) is 11.1 Å². The monoisotopic (exact) mass is 472 g/mol. The summed E-state index contributed by atoms with van der Waals surface area (Å²) in [5.41, 5.74) is 3.16. The third-order valence-electron chi connectivity index (χ3n) is 4.75. The Hall–Kier alpha value is -3.13. The number of carbonyl (C=O) groups excluding carboxylic acids is 3. The maximum Gasteiger partial charge on any atom is 0.705 e. The Morgan fingerprint density at radius 1 is 0.788 bits per heavy atom. The second-order valence-corrected chi connectivity index (χ2v) is 10.2. The molecule has 0 atom stereocenters. The van der Waals surface area contributed by atoms with Gasteiger partial charge < -0.3 is 18.0 Å². The van der Waals surface area contributed by atoms with E-state index in [-0.39, 0.29) is 12.7 Å². The average Bonchev–Trinajstić information content (AvgIpc) is 2.74. The topological polar surface area (TPSA) is 88.1 Å². The molecule has 7 nitrogen and oxygen atoms in total. The van der Waals surface area contributed by atoms with Gasteiger partial charge in [-0.2, -0.15) is 0 Å². The molecule has 2 aromatic rings. The normalized spacial score (nSPS) is 10.9. The molecule has 2 rings (SSSR count). The van der Waals surface area contributed by atoms with Crippen molar-refractivity contribution in [2.24, 2.45) is 0 Å². The van der Waals surface area contributed by atoms with E-state index in [1.54, 1.807) is 0 Å². The van der Waals surface area contributed by atoms with Crippen LogP contribution in [0.15, 0.2) is 48.5 Å². The third kappa shape index (κ3) is 8.38. The molecule has 2 aromatic carbocycles. The smallest absolute Gasteiger partial charge is 0.493 e. The molecular weight excluding hydrogens is 440 g/mol. The van der Waals surface area contributed by atoms with Crippen LogP contribution in [0.5, 0.6) is 5.75 Å². The number of rotatable bonds is 12. The van der Waals surface area contributed by atoms with Crippen LogP contribution in [0.2, 0.25) is 6.04 Å². The predicted molar refractivity (Wildman–Crippen MR) is 126 cm³/mol. The summed E-state index contributed by atoms with van der Waals surface area (Å²) in [6.45, 7) is 5.95. The van der Waals surface area contributed by atoms with Gasteiger partial charge in [0.1, 0.15) is 5.75 Å². The molecule has 0 amide bonds. The lowest BCUT2D eigenvalue weighted by Crippen LogP contribution is -2.49. The van der Waals surface area contributed by atoms with Crippen molar-refractivity contribution in [1.29, 1.82) is 0 Å². The first-order chi connectivity index (χ1) is 15.8. The Bertz CT molecular complexity index is 902. The number of carbonyl (C=O) groups is 3. The van der Waals surface area contributed by atoms with Gasteiger partial charge >= 0.3 is 8.80 Å². The van der Waals surface area contributed by atoms with E-state index in [1.807, 2.05) is 42.5 Å². The molecule has 0 heterocycles. The molecule has 0 spiro atoms. The quantitative estimate of drug-likeness (QED) is 0.314. The van der Waals surface area contributed by atoms with Crippen LogP contribution in [0, 0.1) is 0 Å². The van der Waals surface area contributed by atoms with Crippen LogP contribution in [0.1, 0.15) is 52.5 Å². The van der Waals surface area contributed by atoms with Gasteiger partial charge in [0, 0.05) is 26.3 Å². The summed E-state index contributed by atoms with van der Waals surface area (Å²) in [4.78, 5) is 34.9. The molecule has 0 radical (unpaired) electrons. The Morgan fingerprint density at radius 3 is 1.94 bits per heavy atom. The number of unbranched alkanes of at least 4 members (excludes halogenated alkanes) is 1. The van der Waals surface area contributed by atoms with Gasteiger partial charge in [-0.05, 0) is 30.4 Å². The molecule has 0 unspecified atom stereocenters. The van der Waals surface area contributed by atoms with E-state index in [4.69, 9.17) is 18.0 Å². The number of hydrogen-bond acceptors (Lipinski definition) is 7. The number of para-hydroxylation sites is 1. The molecule has 0 aliphatic heterocycles. The van der Waals surface area contributed by atoms with Crippen LogP contribution in [0.4, 0.5) is 0 Å². The van der Waals surface area contributed by atoms with Crippen LogP contribution in [-0.2, 0) is 34.1 Å². The summed E-state index contributed by atoms with van der Waals surface area (Å²) in [6, 6.07) is 16.2. The molecule has 8 heteroatoms. The van der Waals surface area contributed by atoms with E-state index in [2.05, 4.69) is 13.0 Å².